The van der Waals surface area contributed by atoms with E-state index in [4.69, 9.17) is 24.1 Å². The molecule has 0 aromatic rings. The molecule has 16 heavy (non-hydrogen) atoms. The Morgan fingerprint density at radius 1 is 1.06 bits per heavy atom. The Bertz CT molecular complexity index is 196. The van der Waals surface area contributed by atoms with Gasteiger partial charge in [0.1, 0.15) is 6.10 Å². The van der Waals surface area contributed by atoms with Crippen LogP contribution in [0.25, 0.3) is 0 Å². The summed E-state index contributed by atoms with van der Waals surface area (Å²) in [4.78, 5) is 10.8. The van der Waals surface area contributed by atoms with Crippen LogP contribution in [0, 0.1) is 0 Å². The quantitative estimate of drug-likeness (QED) is 0.614. The van der Waals surface area contributed by atoms with Crippen molar-refractivity contribution in [3.63, 3.8) is 0 Å². The molecule has 0 unspecified atom stereocenters. The van der Waals surface area contributed by atoms with Gasteiger partial charge in [-0.05, 0) is 0 Å². The van der Waals surface area contributed by atoms with E-state index in [1.54, 1.807) is 7.11 Å². The number of carboxylic acids is 1. The Morgan fingerprint density at radius 3 is 1.94 bits per heavy atom. The van der Waals surface area contributed by atoms with Gasteiger partial charge >= 0.3 is 5.97 Å². The maximum absolute atomic E-state index is 10.8. The van der Waals surface area contributed by atoms with Gasteiger partial charge in [-0.3, -0.25) is 0 Å². The standard InChI is InChI=1S/C10H20O6/c1-13-6-9(16-4)7(14-2)5-8(15-3)10(11)12/h7-9H,5-6H2,1-4H3,(H,11,12)/t7-,8+,9+/m0/s1. The lowest BCUT2D eigenvalue weighted by molar-refractivity contribution is -0.153. The fourth-order valence-electron chi connectivity index (χ4n) is 1.40. The minimum absolute atomic E-state index is 0.212. The summed E-state index contributed by atoms with van der Waals surface area (Å²) < 4.78 is 20.2. The first-order valence-corrected chi connectivity index (χ1v) is 4.90. The molecule has 0 rings (SSSR count). The topological polar surface area (TPSA) is 74.2 Å². The molecule has 6 heteroatoms. The summed E-state index contributed by atoms with van der Waals surface area (Å²) in [6, 6.07) is 0. The summed E-state index contributed by atoms with van der Waals surface area (Å²) in [5.74, 6) is -1.02. The monoisotopic (exact) mass is 236 g/mol. The minimum atomic E-state index is -1.02. The van der Waals surface area contributed by atoms with Gasteiger partial charge in [-0.2, -0.15) is 0 Å². The Morgan fingerprint density at radius 2 is 1.62 bits per heavy atom. The predicted octanol–water partition coefficient (Wildman–Crippen LogP) is 0.153. The highest BCUT2D eigenvalue weighted by atomic mass is 16.6. The zero-order valence-corrected chi connectivity index (χ0v) is 10.1. The van der Waals surface area contributed by atoms with Crippen molar-refractivity contribution in [2.45, 2.75) is 24.7 Å². The normalized spacial score (nSPS) is 16.8. The Labute approximate surface area is 95.4 Å². The average Bonchev–Trinajstić information content (AvgIpc) is 2.28. The number of ether oxygens (including phenoxy) is 4. The molecule has 1 N–H and O–H groups in total. The van der Waals surface area contributed by atoms with E-state index in [-0.39, 0.29) is 18.6 Å². The van der Waals surface area contributed by atoms with Crippen molar-refractivity contribution >= 4 is 5.97 Å². The van der Waals surface area contributed by atoms with Crippen molar-refractivity contribution in [2.24, 2.45) is 0 Å². The van der Waals surface area contributed by atoms with Crippen molar-refractivity contribution in [1.82, 2.24) is 0 Å². The minimum Gasteiger partial charge on any atom is -0.479 e. The van der Waals surface area contributed by atoms with Gasteiger partial charge in [0.05, 0.1) is 12.7 Å². The number of rotatable bonds is 9. The van der Waals surface area contributed by atoms with Crippen LogP contribution in [0.4, 0.5) is 0 Å². The van der Waals surface area contributed by atoms with E-state index in [0.29, 0.717) is 6.61 Å². The molecule has 0 aliphatic carbocycles. The molecule has 0 saturated carbocycles. The van der Waals surface area contributed by atoms with Crippen LogP contribution in [0.3, 0.4) is 0 Å². The third kappa shape index (κ3) is 4.89. The number of hydrogen-bond donors (Lipinski definition) is 1. The molecule has 0 aliphatic heterocycles. The van der Waals surface area contributed by atoms with Crippen LogP contribution in [-0.4, -0.2) is 64.4 Å². The van der Waals surface area contributed by atoms with Crippen LogP contribution in [0.1, 0.15) is 6.42 Å². The Kier molecular flexibility index (Phi) is 8.10. The van der Waals surface area contributed by atoms with E-state index in [1.165, 1.54) is 21.3 Å². The molecule has 0 bridgehead atoms. The fourth-order valence-corrected chi connectivity index (χ4v) is 1.40. The van der Waals surface area contributed by atoms with Gasteiger partial charge in [0, 0.05) is 34.9 Å². The predicted molar refractivity (Wildman–Crippen MR) is 56.5 cm³/mol. The fraction of sp³-hybridized carbons (Fsp3) is 0.900. The first kappa shape index (κ1) is 15.3. The van der Waals surface area contributed by atoms with Gasteiger partial charge in [0.25, 0.3) is 0 Å². The molecule has 6 nitrogen and oxygen atoms in total. The van der Waals surface area contributed by atoms with E-state index in [1.807, 2.05) is 0 Å². The summed E-state index contributed by atoms with van der Waals surface area (Å²) in [6.07, 6.45) is -1.39. The number of carboxylic acid groups (broad SMARTS) is 1. The largest absolute Gasteiger partial charge is 0.479 e. The SMILES string of the molecule is COC[C@@H](OC)[C@H](C[C@@H](OC)C(=O)O)OC. The van der Waals surface area contributed by atoms with Gasteiger partial charge in [-0.15, -0.1) is 0 Å². The van der Waals surface area contributed by atoms with Gasteiger partial charge < -0.3 is 24.1 Å². The Balaban J connectivity index is 4.40. The third-order valence-electron chi connectivity index (χ3n) is 2.36. The van der Waals surface area contributed by atoms with E-state index >= 15 is 0 Å². The number of carbonyl (C=O) groups is 1. The highest BCUT2D eigenvalue weighted by Gasteiger charge is 2.28. The molecule has 0 fully saturated rings. The van der Waals surface area contributed by atoms with Crippen molar-refractivity contribution in [1.29, 1.82) is 0 Å². The molecule has 0 aliphatic rings. The summed E-state index contributed by atoms with van der Waals surface area (Å²) in [6.45, 7) is 0.338. The lowest BCUT2D eigenvalue weighted by Gasteiger charge is -2.26. The number of aliphatic carboxylic acids is 1. The van der Waals surface area contributed by atoms with Crippen molar-refractivity contribution in [3.05, 3.63) is 0 Å². The van der Waals surface area contributed by atoms with Gasteiger partial charge in [-0.1, -0.05) is 0 Å². The molecule has 96 valence electrons. The molecule has 0 aromatic heterocycles. The first-order valence-electron chi connectivity index (χ1n) is 4.90. The molecule has 3 atom stereocenters. The smallest absolute Gasteiger partial charge is 0.332 e. The lowest BCUT2D eigenvalue weighted by Crippen LogP contribution is -2.39. The zero-order valence-electron chi connectivity index (χ0n) is 10.1. The summed E-state index contributed by atoms with van der Waals surface area (Å²) in [5.41, 5.74) is 0. The molecule has 0 amide bonds. The molecule has 0 aromatic carbocycles. The van der Waals surface area contributed by atoms with Crippen molar-refractivity contribution in [2.75, 3.05) is 35.0 Å². The van der Waals surface area contributed by atoms with Crippen LogP contribution in [-0.2, 0) is 23.7 Å². The van der Waals surface area contributed by atoms with Crippen LogP contribution in [0.2, 0.25) is 0 Å². The highest BCUT2D eigenvalue weighted by Crippen LogP contribution is 2.12. The van der Waals surface area contributed by atoms with Crippen LogP contribution < -0.4 is 0 Å². The average molecular weight is 236 g/mol. The van der Waals surface area contributed by atoms with Gasteiger partial charge in [-0.25, -0.2) is 4.79 Å². The van der Waals surface area contributed by atoms with E-state index in [2.05, 4.69) is 0 Å². The molecular formula is C10H20O6. The molecule has 0 saturated heterocycles. The first-order chi connectivity index (χ1) is 7.60. The van der Waals surface area contributed by atoms with Crippen molar-refractivity contribution < 1.29 is 28.8 Å². The van der Waals surface area contributed by atoms with Gasteiger partial charge in [0.15, 0.2) is 6.10 Å². The molecule has 0 spiro atoms. The number of methoxy groups -OCH3 is 4. The second kappa shape index (κ2) is 8.46. The van der Waals surface area contributed by atoms with Crippen LogP contribution >= 0.6 is 0 Å². The van der Waals surface area contributed by atoms with Crippen molar-refractivity contribution in [3.8, 4) is 0 Å². The van der Waals surface area contributed by atoms with Crippen LogP contribution in [0.5, 0.6) is 0 Å². The molecule has 0 heterocycles. The molecular weight excluding hydrogens is 216 g/mol. The third-order valence-corrected chi connectivity index (χ3v) is 2.36. The van der Waals surface area contributed by atoms with Gasteiger partial charge in [0.2, 0.25) is 0 Å². The summed E-state index contributed by atoms with van der Waals surface area (Å²) in [5, 5.41) is 8.85. The van der Waals surface area contributed by atoms with Crippen LogP contribution in [0.15, 0.2) is 0 Å². The lowest BCUT2D eigenvalue weighted by atomic mass is 10.1. The summed E-state index contributed by atoms with van der Waals surface area (Å²) >= 11 is 0. The zero-order chi connectivity index (χ0) is 12.6. The van der Waals surface area contributed by atoms with E-state index in [9.17, 15) is 4.79 Å². The van der Waals surface area contributed by atoms with E-state index < -0.39 is 12.1 Å². The number of hydrogen-bond acceptors (Lipinski definition) is 5. The van der Waals surface area contributed by atoms with E-state index in [0.717, 1.165) is 0 Å². The maximum atomic E-state index is 10.8. The molecule has 0 radical (unpaired) electrons. The second-order valence-corrected chi connectivity index (χ2v) is 3.30. The summed E-state index contributed by atoms with van der Waals surface area (Å²) in [7, 11) is 5.92. The highest BCUT2D eigenvalue weighted by molar-refractivity contribution is 5.72. The maximum Gasteiger partial charge on any atom is 0.332 e. The Hall–Kier alpha value is -0.690. The second-order valence-electron chi connectivity index (χ2n) is 3.30.